The highest BCUT2D eigenvalue weighted by Crippen LogP contribution is 2.47. The molecule has 0 radical (unpaired) electrons. The Balaban J connectivity index is 1.37. The summed E-state index contributed by atoms with van der Waals surface area (Å²) in [5, 5.41) is 14.0. The zero-order chi connectivity index (χ0) is 29.2. The average Bonchev–Trinajstić information content (AvgIpc) is 3.22. The van der Waals surface area contributed by atoms with E-state index in [-0.39, 0.29) is 12.0 Å². The third-order valence-electron chi connectivity index (χ3n) is 9.18. The number of likely N-dealkylation sites (tertiary alicyclic amines) is 1. The SMILES string of the molecule is COC(=O)[C@H](CN1CCC(O)CC1)NC(=O)c1ccc2c(C3CCCCC3)c3n(c2c1)CCOc1cc(OC)ccc1-3. The van der Waals surface area contributed by atoms with Crippen molar-refractivity contribution in [3.8, 4) is 22.8 Å². The number of carbonyl (C=O) groups is 2. The van der Waals surface area contributed by atoms with E-state index in [1.54, 1.807) is 7.11 Å². The van der Waals surface area contributed by atoms with Gasteiger partial charge in [0.1, 0.15) is 24.1 Å². The van der Waals surface area contributed by atoms with E-state index in [0.29, 0.717) is 57.1 Å². The van der Waals surface area contributed by atoms with E-state index in [1.165, 1.54) is 43.0 Å². The van der Waals surface area contributed by atoms with E-state index in [0.717, 1.165) is 35.4 Å². The van der Waals surface area contributed by atoms with Crippen LogP contribution in [0, 0.1) is 0 Å². The van der Waals surface area contributed by atoms with Crippen molar-refractivity contribution in [3.05, 3.63) is 47.5 Å². The number of nitrogens with zero attached hydrogens (tertiary/aromatic N) is 2. The summed E-state index contributed by atoms with van der Waals surface area (Å²) in [6.07, 6.45) is 6.99. The van der Waals surface area contributed by atoms with Gasteiger partial charge in [0.05, 0.1) is 32.6 Å². The van der Waals surface area contributed by atoms with Gasteiger partial charge in [0, 0.05) is 47.7 Å². The highest BCUT2D eigenvalue weighted by atomic mass is 16.5. The van der Waals surface area contributed by atoms with Crippen LogP contribution in [0.3, 0.4) is 0 Å². The molecule has 0 unspecified atom stereocenters. The van der Waals surface area contributed by atoms with Crippen LogP contribution in [-0.4, -0.2) is 79.1 Å². The molecule has 3 heterocycles. The number of hydrogen-bond acceptors (Lipinski definition) is 7. The lowest BCUT2D eigenvalue weighted by molar-refractivity contribution is -0.143. The Bertz CT molecular complexity index is 1450. The Morgan fingerprint density at radius 1 is 1.02 bits per heavy atom. The second-order valence-corrected chi connectivity index (χ2v) is 11.8. The van der Waals surface area contributed by atoms with Gasteiger partial charge in [-0.25, -0.2) is 4.79 Å². The number of methoxy groups -OCH3 is 2. The molecule has 1 aliphatic carbocycles. The van der Waals surface area contributed by atoms with E-state index in [1.807, 2.05) is 24.3 Å². The highest BCUT2D eigenvalue weighted by molar-refractivity contribution is 6.02. The van der Waals surface area contributed by atoms with Crippen molar-refractivity contribution in [1.29, 1.82) is 0 Å². The molecule has 3 aromatic rings. The zero-order valence-corrected chi connectivity index (χ0v) is 24.6. The van der Waals surface area contributed by atoms with Crippen LogP contribution >= 0.6 is 0 Å². The molecule has 42 heavy (non-hydrogen) atoms. The first-order valence-electron chi connectivity index (χ1n) is 15.2. The maximum atomic E-state index is 13.6. The third-order valence-corrected chi connectivity index (χ3v) is 9.18. The Kier molecular flexibility index (Phi) is 8.40. The van der Waals surface area contributed by atoms with Crippen molar-refractivity contribution in [1.82, 2.24) is 14.8 Å². The second kappa shape index (κ2) is 12.4. The minimum absolute atomic E-state index is 0.311. The molecule has 1 atom stereocenters. The van der Waals surface area contributed by atoms with Crippen molar-refractivity contribution in [2.24, 2.45) is 0 Å². The van der Waals surface area contributed by atoms with Gasteiger partial charge >= 0.3 is 5.97 Å². The van der Waals surface area contributed by atoms with Crippen molar-refractivity contribution in [3.63, 3.8) is 0 Å². The van der Waals surface area contributed by atoms with Gasteiger partial charge in [-0.1, -0.05) is 25.3 Å². The second-order valence-electron chi connectivity index (χ2n) is 11.8. The fraction of sp³-hybridized carbons (Fsp3) is 0.515. The van der Waals surface area contributed by atoms with Crippen LogP contribution in [0.25, 0.3) is 22.2 Å². The van der Waals surface area contributed by atoms with E-state index in [2.05, 4.69) is 26.9 Å². The standard InChI is InChI=1S/C33H41N3O6/c1-40-24-9-11-26-29(19-24)42-17-16-36-28-18-22(8-10-25(28)30(31(26)36)21-6-4-3-5-7-21)32(38)34-27(33(39)41-2)20-35-14-12-23(37)13-15-35/h8-11,18-19,21,23,27,37H,3-7,12-17,20H2,1-2H3,(H,34,38)/t27-/m0/s1. The van der Waals surface area contributed by atoms with Gasteiger partial charge in [-0.2, -0.15) is 0 Å². The summed E-state index contributed by atoms with van der Waals surface area (Å²) >= 11 is 0. The van der Waals surface area contributed by atoms with Crippen LogP contribution < -0.4 is 14.8 Å². The van der Waals surface area contributed by atoms with Crippen LogP contribution in [0.15, 0.2) is 36.4 Å². The lowest BCUT2D eigenvalue weighted by Gasteiger charge is -2.31. The molecule has 3 aliphatic rings. The van der Waals surface area contributed by atoms with Gasteiger partial charge in [-0.3, -0.25) is 4.79 Å². The molecule has 1 saturated heterocycles. The van der Waals surface area contributed by atoms with E-state index < -0.39 is 12.0 Å². The molecule has 2 fully saturated rings. The maximum absolute atomic E-state index is 13.6. The predicted octanol–water partition coefficient (Wildman–Crippen LogP) is 4.49. The number of rotatable bonds is 7. The molecule has 0 bridgehead atoms. The van der Waals surface area contributed by atoms with Gasteiger partial charge in [0.2, 0.25) is 0 Å². The molecular weight excluding hydrogens is 534 g/mol. The predicted molar refractivity (Wildman–Crippen MR) is 160 cm³/mol. The molecule has 9 nitrogen and oxygen atoms in total. The number of fused-ring (bicyclic) bond motifs is 5. The molecule has 2 aromatic carbocycles. The summed E-state index contributed by atoms with van der Waals surface area (Å²) in [5.74, 6) is 1.23. The highest BCUT2D eigenvalue weighted by Gasteiger charge is 2.31. The summed E-state index contributed by atoms with van der Waals surface area (Å²) < 4.78 is 19.1. The number of aliphatic hydroxyl groups is 1. The fourth-order valence-corrected chi connectivity index (χ4v) is 6.96. The molecule has 224 valence electrons. The summed E-state index contributed by atoms with van der Waals surface area (Å²) in [5.41, 5.74) is 5.07. The molecule has 9 heteroatoms. The minimum atomic E-state index is -0.800. The van der Waals surface area contributed by atoms with Crippen LogP contribution in [0.5, 0.6) is 11.5 Å². The van der Waals surface area contributed by atoms with Gasteiger partial charge < -0.3 is 34.1 Å². The molecule has 2 N–H and O–H groups in total. The van der Waals surface area contributed by atoms with E-state index in [4.69, 9.17) is 14.2 Å². The van der Waals surface area contributed by atoms with Crippen LogP contribution in [-0.2, 0) is 16.1 Å². The van der Waals surface area contributed by atoms with Crippen LogP contribution in [0.1, 0.15) is 66.8 Å². The number of amides is 1. The van der Waals surface area contributed by atoms with Crippen molar-refractivity contribution < 1.29 is 28.9 Å². The van der Waals surface area contributed by atoms with Gasteiger partial charge in [-0.15, -0.1) is 0 Å². The molecular formula is C33H41N3O6. The van der Waals surface area contributed by atoms with E-state index >= 15 is 0 Å². The lowest BCUT2D eigenvalue weighted by atomic mass is 9.81. The van der Waals surface area contributed by atoms with E-state index in [9.17, 15) is 14.7 Å². The third kappa shape index (κ3) is 5.60. The fourth-order valence-electron chi connectivity index (χ4n) is 6.96. The normalized spacial score (nSPS) is 18.8. The molecule has 1 amide bonds. The number of esters is 1. The molecule has 1 saturated carbocycles. The number of piperidine rings is 1. The van der Waals surface area contributed by atoms with Gasteiger partial charge in [-0.05, 0) is 61.4 Å². The van der Waals surface area contributed by atoms with Crippen LogP contribution in [0.4, 0.5) is 0 Å². The summed E-state index contributed by atoms with van der Waals surface area (Å²) in [4.78, 5) is 28.4. The monoisotopic (exact) mass is 575 g/mol. The summed E-state index contributed by atoms with van der Waals surface area (Å²) in [6.45, 7) is 2.86. The van der Waals surface area contributed by atoms with Crippen molar-refractivity contribution >= 4 is 22.8 Å². The largest absolute Gasteiger partial charge is 0.497 e. The Morgan fingerprint density at radius 3 is 2.55 bits per heavy atom. The molecule has 1 aromatic heterocycles. The maximum Gasteiger partial charge on any atom is 0.329 e. The van der Waals surface area contributed by atoms with Crippen molar-refractivity contribution in [2.45, 2.75) is 69.6 Å². The number of aromatic nitrogens is 1. The van der Waals surface area contributed by atoms with Crippen LogP contribution in [0.2, 0.25) is 0 Å². The first kappa shape index (κ1) is 28.6. The molecule has 2 aliphatic heterocycles. The lowest BCUT2D eigenvalue weighted by Crippen LogP contribution is -2.51. The first-order chi connectivity index (χ1) is 20.5. The molecule has 0 spiro atoms. The number of aliphatic hydroxyl groups excluding tert-OH is 1. The van der Waals surface area contributed by atoms with Gasteiger partial charge in [0.25, 0.3) is 5.91 Å². The number of ether oxygens (including phenoxy) is 3. The quantitative estimate of drug-likeness (QED) is 0.401. The van der Waals surface area contributed by atoms with Crippen molar-refractivity contribution in [2.75, 3.05) is 40.5 Å². The minimum Gasteiger partial charge on any atom is -0.497 e. The average molecular weight is 576 g/mol. The summed E-state index contributed by atoms with van der Waals surface area (Å²) in [7, 11) is 3.00. The number of carbonyl (C=O) groups excluding carboxylic acids is 2. The summed E-state index contributed by atoms with van der Waals surface area (Å²) in [6, 6.07) is 11.1. The Morgan fingerprint density at radius 2 is 1.81 bits per heavy atom. The number of nitrogens with one attached hydrogen (secondary N) is 1. The first-order valence-corrected chi connectivity index (χ1v) is 15.2. The Hall–Kier alpha value is -3.56. The number of hydrogen-bond donors (Lipinski definition) is 2. The topological polar surface area (TPSA) is 102 Å². The Labute approximate surface area is 246 Å². The smallest absolute Gasteiger partial charge is 0.329 e. The molecule has 6 rings (SSSR count). The zero-order valence-electron chi connectivity index (χ0n) is 24.6. The number of benzene rings is 2. The van der Waals surface area contributed by atoms with Gasteiger partial charge in [0.15, 0.2) is 0 Å².